The summed E-state index contributed by atoms with van der Waals surface area (Å²) < 4.78 is 1.99. The van der Waals surface area contributed by atoms with E-state index in [1.807, 2.05) is 27.8 Å². The van der Waals surface area contributed by atoms with Gasteiger partial charge in [-0.25, -0.2) is 4.98 Å². The molecule has 0 saturated carbocycles. The van der Waals surface area contributed by atoms with E-state index in [0.29, 0.717) is 40.8 Å². The highest BCUT2D eigenvalue weighted by Gasteiger charge is 2.33. The van der Waals surface area contributed by atoms with Crippen LogP contribution in [0.4, 0.5) is 11.5 Å². The molecule has 2 saturated heterocycles. The summed E-state index contributed by atoms with van der Waals surface area (Å²) in [6, 6.07) is 10.5. The Morgan fingerprint density at radius 2 is 1.88 bits per heavy atom. The first kappa shape index (κ1) is 29.8. The SMILES string of the molecule is N.Nc1nc(CCCn2cc(-c3ccc(Cl)cc3Cl)cc2C(=O)N2CCC[C@H]2CN2CCCC2)ccc1[N+](=O)[O-]. The van der Waals surface area contributed by atoms with E-state index >= 15 is 0 Å². The summed E-state index contributed by atoms with van der Waals surface area (Å²) >= 11 is 12.6. The number of hydrogen-bond donors (Lipinski definition) is 2. The number of likely N-dealkylation sites (tertiary alicyclic amines) is 2. The molecule has 1 amide bonds. The zero-order chi connectivity index (χ0) is 27.5. The lowest BCUT2D eigenvalue weighted by atomic mass is 10.1. The molecule has 5 rings (SSSR count). The lowest BCUT2D eigenvalue weighted by Gasteiger charge is -2.29. The van der Waals surface area contributed by atoms with Gasteiger partial charge >= 0.3 is 5.69 Å². The van der Waals surface area contributed by atoms with Gasteiger partial charge in [0.15, 0.2) is 0 Å². The van der Waals surface area contributed by atoms with E-state index in [4.69, 9.17) is 28.9 Å². The van der Waals surface area contributed by atoms with Crippen molar-refractivity contribution < 1.29 is 9.72 Å². The lowest BCUT2D eigenvalue weighted by Crippen LogP contribution is -2.43. The Labute approximate surface area is 243 Å². The van der Waals surface area contributed by atoms with Crippen LogP contribution >= 0.6 is 23.2 Å². The predicted octanol–water partition coefficient (Wildman–Crippen LogP) is 5.84. The number of pyridine rings is 1. The van der Waals surface area contributed by atoms with E-state index < -0.39 is 4.92 Å². The average molecular weight is 589 g/mol. The van der Waals surface area contributed by atoms with E-state index in [1.165, 1.54) is 18.9 Å². The number of carbonyl (C=O) groups is 1. The van der Waals surface area contributed by atoms with Crippen molar-refractivity contribution in [3.8, 4) is 11.1 Å². The van der Waals surface area contributed by atoms with Crippen molar-refractivity contribution in [2.24, 2.45) is 0 Å². The Morgan fingerprint density at radius 1 is 1.10 bits per heavy atom. The quantitative estimate of drug-likeness (QED) is 0.236. The van der Waals surface area contributed by atoms with Gasteiger partial charge in [-0.2, -0.15) is 0 Å². The van der Waals surface area contributed by atoms with Gasteiger partial charge in [-0.1, -0.05) is 29.3 Å². The van der Waals surface area contributed by atoms with Crippen LogP contribution in [0.2, 0.25) is 10.0 Å². The summed E-state index contributed by atoms with van der Waals surface area (Å²) in [5.74, 6) is -0.0576. The fourth-order valence-electron chi connectivity index (χ4n) is 5.68. The second kappa shape index (κ2) is 13.0. The number of benzene rings is 1. The third-order valence-corrected chi connectivity index (χ3v) is 8.20. The van der Waals surface area contributed by atoms with E-state index in [2.05, 4.69) is 9.88 Å². The molecule has 5 N–H and O–H groups in total. The molecule has 1 aromatic carbocycles. The van der Waals surface area contributed by atoms with Gasteiger partial charge in [-0.15, -0.1) is 0 Å². The van der Waals surface area contributed by atoms with Crippen LogP contribution in [0.15, 0.2) is 42.6 Å². The molecule has 12 heteroatoms. The molecule has 4 heterocycles. The van der Waals surface area contributed by atoms with Crippen molar-refractivity contribution >= 4 is 40.6 Å². The molecule has 2 aliphatic rings. The molecular weight excluding hydrogens is 553 g/mol. The fourth-order valence-corrected chi connectivity index (χ4v) is 6.20. The zero-order valence-electron chi connectivity index (χ0n) is 22.4. The number of aromatic nitrogens is 2. The minimum absolute atomic E-state index is 0. The van der Waals surface area contributed by atoms with E-state index in [9.17, 15) is 14.9 Å². The molecule has 2 aliphatic heterocycles. The molecule has 0 unspecified atom stereocenters. The molecule has 3 aromatic rings. The molecule has 2 aromatic heterocycles. The van der Waals surface area contributed by atoms with Crippen LogP contribution in [-0.4, -0.2) is 62.4 Å². The number of nitro groups is 1. The van der Waals surface area contributed by atoms with Crippen molar-refractivity contribution in [2.75, 3.05) is 31.9 Å². The number of carbonyl (C=O) groups excluding carboxylic acids is 1. The first-order chi connectivity index (χ1) is 18.8. The average Bonchev–Trinajstić information content (AvgIpc) is 3.66. The van der Waals surface area contributed by atoms with E-state index in [-0.39, 0.29) is 29.6 Å². The molecule has 1 atom stereocenters. The summed E-state index contributed by atoms with van der Waals surface area (Å²) in [4.78, 5) is 33.2. The molecule has 10 nitrogen and oxygen atoms in total. The summed E-state index contributed by atoms with van der Waals surface area (Å²) in [6.07, 6.45) is 7.68. The minimum Gasteiger partial charge on any atom is -0.378 e. The maximum atomic E-state index is 14.0. The molecule has 0 spiro atoms. The van der Waals surface area contributed by atoms with Crippen LogP contribution in [0, 0.1) is 10.1 Å². The highest BCUT2D eigenvalue weighted by Crippen LogP contribution is 2.33. The number of halogens is 2. The number of amides is 1. The van der Waals surface area contributed by atoms with Crippen LogP contribution in [0.25, 0.3) is 11.1 Å². The van der Waals surface area contributed by atoms with E-state index in [0.717, 1.165) is 50.1 Å². The number of anilines is 1. The van der Waals surface area contributed by atoms with Crippen molar-refractivity contribution in [3.05, 3.63) is 74.1 Å². The fraction of sp³-hybridized carbons (Fsp3) is 0.429. The molecule has 0 bridgehead atoms. The van der Waals surface area contributed by atoms with Crippen LogP contribution in [0.1, 0.15) is 48.3 Å². The van der Waals surface area contributed by atoms with Gasteiger partial charge in [0.05, 0.1) is 4.92 Å². The van der Waals surface area contributed by atoms with Gasteiger partial charge in [-0.3, -0.25) is 14.9 Å². The van der Waals surface area contributed by atoms with Gasteiger partial charge < -0.3 is 26.3 Å². The van der Waals surface area contributed by atoms with Crippen LogP contribution in [0.5, 0.6) is 0 Å². The van der Waals surface area contributed by atoms with Gasteiger partial charge in [0.25, 0.3) is 5.91 Å². The molecule has 214 valence electrons. The first-order valence-electron chi connectivity index (χ1n) is 13.4. The van der Waals surface area contributed by atoms with Crippen molar-refractivity contribution in [1.82, 2.24) is 25.5 Å². The molecule has 0 aliphatic carbocycles. The number of hydrogen-bond acceptors (Lipinski definition) is 7. The highest BCUT2D eigenvalue weighted by atomic mass is 35.5. The number of aryl methyl sites for hydroxylation is 2. The van der Waals surface area contributed by atoms with Crippen molar-refractivity contribution in [1.29, 1.82) is 0 Å². The molecular formula is C28H35Cl2N7O3. The van der Waals surface area contributed by atoms with E-state index in [1.54, 1.807) is 18.2 Å². The Hall–Kier alpha value is -3.18. The third-order valence-electron chi connectivity index (χ3n) is 7.65. The normalized spacial score (nSPS) is 17.2. The van der Waals surface area contributed by atoms with Crippen molar-refractivity contribution in [2.45, 2.75) is 51.1 Å². The maximum Gasteiger partial charge on any atom is 0.311 e. The Balaban J connectivity index is 0.00000370. The maximum absolute atomic E-state index is 14.0. The topological polar surface area (TPSA) is 146 Å². The third kappa shape index (κ3) is 6.58. The predicted molar refractivity (Wildman–Crippen MR) is 158 cm³/mol. The monoisotopic (exact) mass is 587 g/mol. The molecule has 0 radical (unpaired) electrons. The van der Waals surface area contributed by atoms with Gasteiger partial charge in [-0.05, 0) is 75.9 Å². The van der Waals surface area contributed by atoms with Gasteiger partial charge in [0, 0.05) is 64.8 Å². The zero-order valence-corrected chi connectivity index (χ0v) is 23.9. The second-order valence-corrected chi connectivity index (χ2v) is 11.1. The lowest BCUT2D eigenvalue weighted by molar-refractivity contribution is -0.384. The standard InChI is InChI=1S/C28H32Cl2N6O3.H3N/c29-20-7-9-23(24(30)16-20)19-15-26(28(37)35-14-4-6-22(35)18-33-11-1-2-12-33)34(17-19)13-3-5-21-8-10-25(36(38)39)27(31)32-21;/h7-10,15-17,22H,1-6,11-14,18H2,(H2,31,32);1H3/t22-;/m0./s1. The molecule has 2 fully saturated rings. The molecule has 40 heavy (non-hydrogen) atoms. The Kier molecular flexibility index (Phi) is 9.68. The minimum atomic E-state index is -0.539. The summed E-state index contributed by atoms with van der Waals surface area (Å²) in [5, 5.41) is 12.1. The smallest absolute Gasteiger partial charge is 0.311 e. The summed E-state index contributed by atoms with van der Waals surface area (Å²) in [7, 11) is 0. The summed E-state index contributed by atoms with van der Waals surface area (Å²) in [5.41, 5.74) is 8.54. The largest absolute Gasteiger partial charge is 0.378 e. The Bertz CT molecular complexity index is 1370. The van der Waals surface area contributed by atoms with Crippen LogP contribution < -0.4 is 11.9 Å². The van der Waals surface area contributed by atoms with Gasteiger partial charge in [0.2, 0.25) is 5.82 Å². The number of nitrogen functional groups attached to an aromatic ring is 1. The number of nitrogens with zero attached hydrogens (tertiary/aromatic N) is 5. The highest BCUT2D eigenvalue weighted by molar-refractivity contribution is 6.36. The first-order valence-corrected chi connectivity index (χ1v) is 14.1. The van der Waals surface area contributed by atoms with Crippen molar-refractivity contribution in [3.63, 3.8) is 0 Å². The number of nitrogens with two attached hydrogens (primary N) is 1. The summed E-state index contributed by atoms with van der Waals surface area (Å²) in [6.45, 7) is 4.46. The Morgan fingerprint density at radius 3 is 2.58 bits per heavy atom. The van der Waals surface area contributed by atoms with Gasteiger partial charge in [0.1, 0.15) is 5.69 Å². The number of rotatable bonds is 9. The second-order valence-electron chi connectivity index (χ2n) is 10.3. The van der Waals surface area contributed by atoms with Crippen LogP contribution in [0.3, 0.4) is 0 Å². The van der Waals surface area contributed by atoms with Crippen LogP contribution in [-0.2, 0) is 13.0 Å².